The lowest BCUT2D eigenvalue weighted by Crippen LogP contribution is -2.43. The SMILES string of the molecule is COc1ccc(C(=O)Nc2nc3cc(N4CCNCC4)ccn3n2)cc1. The minimum atomic E-state index is -0.258. The second-order valence-corrected chi connectivity index (χ2v) is 6.04. The Morgan fingerprint density at radius 1 is 1.19 bits per heavy atom. The Labute approximate surface area is 150 Å². The molecular weight excluding hydrogens is 332 g/mol. The number of amides is 1. The van der Waals surface area contributed by atoms with Crippen molar-refractivity contribution in [1.82, 2.24) is 19.9 Å². The molecule has 8 heteroatoms. The van der Waals surface area contributed by atoms with Crippen molar-refractivity contribution >= 4 is 23.2 Å². The molecule has 1 fully saturated rings. The molecule has 2 N–H and O–H groups in total. The van der Waals surface area contributed by atoms with Gasteiger partial charge in [0.25, 0.3) is 5.91 Å². The quantitative estimate of drug-likeness (QED) is 0.738. The normalized spacial score (nSPS) is 14.4. The summed E-state index contributed by atoms with van der Waals surface area (Å²) >= 11 is 0. The third-order valence-corrected chi connectivity index (χ3v) is 4.38. The van der Waals surface area contributed by atoms with Crippen molar-refractivity contribution in [2.45, 2.75) is 0 Å². The maximum absolute atomic E-state index is 12.3. The summed E-state index contributed by atoms with van der Waals surface area (Å²) in [6, 6.07) is 10.9. The van der Waals surface area contributed by atoms with E-state index in [0.29, 0.717) is 17.0 Å². The number of piperazine rings is 1. The summed E-state index contributed by atoms with van der Waals surface area (Å²) in [5.74, 6) is 0.724. The summed E-state index contributed by atoms with van der Waals surface area (Å²) in [6.07, 6.45) is 1.86. The van der Waals surface area contributed by atoms with Gasteiger partial charge in [-0.15, -0.1) is 5.10 Å². The molecule has 0 unspecified atom stereocenters. The third kappa shape index (κ3) is 3.31. The number of hydrogen-bond acceptors (Lipinski definition) is 6. The smallest absolute Gasteiger partial charge is 0.258 e. The van der Waals surface area contributed by atoms with Crippen molar-refractivity contribution in [2.24, 2.45) is 0 Å². The van der Waals surface area contributed by atoms with Gasteiger partial charge in [-0.1, -0.05) is 0 Å². The lowest BCUT2D eigenvalue weighted by molar-refractivity contribution is 0.102. The van der Waals surface area contributed by atoms with Crippen LogP contribution < -0.4 is 20.3 Å². The zero-order chi connectivity index (χ0) is 17.9. The largest absolute Gasteiger partial charge is 0.497 e. The van der Waals surface area contributed by atoms with E-state index in [9.17, 15) is 4.79 Å². The summed E-state index contributed by atoms with van der Waals surface area (Å²) in [4.78, 5) is 19.1. The molecule has 0 atom stereocenters. The molecule has 0 radical (unpaired) electrons. The van der Waals surface area contributed by atoms with E-state index in [0.717, 1.165) is 31.9 Å². The number of benzene rings is 1. The molecule has 1 saturated heterocycles. The lowest BCUT2D eigenvalue weighted by Gasteiger charge is -2.29. The van der Waals surface area contributed by atoms with Crippen LogP contribution in [0.1, 0.15) is 10.4 Å². The first-order chi connectivity index (χ1) is 12.7. The van der Waals surface area contributed by atoms with Crippen molar-refractivity contribution in [3.63, 3.8) is 0 Å². The molecule has 134 valence electrons. The number of hydrogen-bond donors (Lipinski definition) is 2. The number of aromatic nitrogens is 3. The molecular formula is C18H20N6O2. The van der Waals surface area contributed by atoms with Crippen molar-refractivity contribution in [3.8, 4) is 5.75 Å². The molecule has 1 aliphatic heterocycles. The van der Waals surface area contributed by atoms with Gasteiger partial charge in [-0.2, -0.15) is 4.98 Å². The number of ether oxygens (including phenoxy) is 1. The van der Waals surface area contributed by atoms with Crippen LogP contribution in [0.15, 0.2) is 42.6 Å². The van der Waals surface area contributed by atoms with Crippen LogP contribution in [0.4, 0.5) is 11.6 Å². The van der Waals surface area contributed by atoms with Gasteiger partial charge in [0.05, 0.1) is 7.11 Å². The van der Waals surface area contributed by atoms with Gasteiger partial charge in [-0.05, 0) is 30.3 Å². The van der Waals surface area contributed by atoms with Crippen LogP contribution in [-0.2, 0) is 0 Å². The van der Waals surface area contributed by atoms with E-state index in [1.165, 1.54) is 0 Å². The second-order valence-electron chi connectivity index (χ2n) is 6.04. The fourth-order valence-corrected chi connectivity index (χ4v) is 2.96. The number of anilines is 2. The number of carbonyl (C=O) groups excluding carboxylic acids is 1. The summed E-state index contributed by atoms with van der Waals surface area (Å²) in [5.41, 5.74) is 2.33. The van der Waals surface area contributed by atoms with E-state index in [4.69, 9.17) is 4.74 Å². The van der Waals surface area contributed by atoms with Gasteiger partial charge in [-0.25, -0.2) is 4.52 Å². The minimum Gasteiger partial charge on any atom is -0.497 e. The van der Waals surface area contributed by atoms with E-state index in [2.05, 4.69) is 25.6 Å². The Morgan fingerprint density at radius 3 is 2.69 bits per heavy atom. The Bertz CT molecular complexity index is 915. The zero-order valence-corrected chi connectivity index (χ0v) is 14.5. The maximum Gasteiger partial charge on any atom is 0.258 e. The molecule has 3 aromatic rings. The van der Waals surface area contributed by atoms with E-state index in [1.54, 1.807) is 35.9 Å². The Hall–Kier alpha value is -3.13. The monoisotopic (exact) mass is 352 g/mol. The highest BCUT2D eigenvalue weighted by Gasteiger charge is 2.14. The van der Waals surface area contributed by atoms with E-state index < -0.39 is 0 Å². The fourth-order valence-electron chi connectivity index (χ4n) is 2.96. The first kappa shape index (κ1) is 16.3. The fraction of sp³-hybridized carbons (Fsp3) is 0.278. The molecule has 1 aliphatic rings. The number of pyridine rings is 1. The highest BCUT2D eigenvalue weighted by atomic mass is 16.5. The van der Waals surface area contributed by atoms with Crippen LogP contribution in [0.25, 0.3) is 5.65 Å². The first-order valence-corrected chi connectivity index (χ1v) is 8.50. The molecule has 4 rings (SSSR count). The molecule has 3 heterocycles. The highest BCUT2D eigenvalue weighted by molar-refractivity contribution is 6.03. The second kappa shape index (κ2) is 7.01. The van der Waals surface area contributed by atoms with E-state index >= 15 is 0 Å². The van der Waals surface area contributed by atoms with Crippen molar-refractivity contribution in [2.75, 3.05) is 43.5 Å². The average molecular weight is 352 g/mol. The Kier molecular flexibility index (Phi) is 4.40. The van der Waals surface area contributed by atoms with Crippen LogP contribution in [0.5, 0.6) is 5.75 Å². The van der Waals surface area contributed by atoms with Crippen LogP contribution >= 0.6 is 0 Å². The Balaban J connectivity index is 1.52. The maximum atomic E-state index is 12.3. The van der Waals surface area contributed by atoms with Crippen molar-refractivity contribution < 1.29 is 9.53 Å². The van der Waals surface area contributed by atoms with Gasteiger partial charge in [0.1, 0.15) is 5.75 Å². The molecule has 26 heavy (non-hydrogen) atoms. The molecule has 0 bridgehead atoms. The average Bonchev–Trinajstić information content (AvgIpc) is 3.10. The summed E-state index contributed by atoms with van der Waals surface area (Å²) < 4.78 is 6.76. The molecule has 0 saturated carbocycles. The molecule has 1 amide bonds. The van der Waals surface area contributed by atoms with Gasteiger partial charge in [0, 0.05) is 49.7 Å². The topological polar surface area (TPSA) is 83.8 Å². The van der Waals surface area contributed by atoms with Gasteiger partial charge in [-0.3, -0.25) is 10.1 Å². The molecule has 0 aliphatic carbocycles. The van der Waals surface area contributed by atoms with Gasteiger partial charge < -0.3 is 15.0 Å². The molecule has 8 nitrogen and oxygen atoms in total. The standard InChI is InChI=1S/C18H20N6O2/c1-26-15-4-2-13(3-5-15)17(25)21-18-20-16-12-14(6-9-24(16)22-18)23-10-7-19-8-11-23/h2-6,9,12,19H,7-8,10-11H2,1H3,(H,21,22,25). The van der Waals surface area contributed by atoms with Crippen molar-refractivity contribution in [3.05, 3.63) is 48.2 Å². The lowest BCUT2D eigenvalue weighted by atomic mass is 10.2. The van der Waals surface area contributed by atoms with E-state index in [-0.39, 0.29) is 11.9 Å². The van der Waals surface area contributed by atoms with Gasteiger partial charge in [0.2, 0.25) is 5.95 Å². The predicted octanol–water partition coefficient (Wildman–Crippen LogP) is 1.40. The number of methoxy groups -OCH3 is 1. The Morgan fingerprint density at radius 2 is 1.96 bits per heavy atom. The summed E-state index contributed by atoms with van der Waals surface area (Å²) in [6.45, 7) is 3.87. The van der Waals surface area contributed by atoms with Gasteiger partial charge >= 0.3 is 0 Å². The van der Waals surface area contributed by atoms with Crippen LogP contribution in [-0.4, -0.2) is 53.8 Å². The molecule has 1 aromatic carbocycles. The number of nitrogens with zero attached hydrogens (tertiary/aromatic N) is 4. The number of nitrogens with one attached hydrogen (secondary N) is 2. The highest BCUT2D eigenvalue weighted by Crippen LogP contribution is 2.18. The number of rotatable bonds is 4. The van der Waals surface area contributed by atoms with Crippen LogP contribution in [0, 0.1) is 0 Å². The number of carbonyl (C=O) groups is 1. The number of fused-ring (bicyclic) bond motifs is 1. The minimum absolute atomic E-state index is 0.258. The molecule has 2 aromatic heterocycles. The summed E-state index contributed by atoms with van der Waals surface area (Å²) in [5, 5.41) is 10.4. The molecule has 0 spiro atoms. The van der Waals surface area contributed by atoms with E-state index in [1.807, 2.05) is 18.3 Å². The van der Waals surface area contributed by atoms with Gasteiger partial charge in [0.15, 0.2) is 5.65 Å². The van der Waals surface area contributed by atoms with Crippen molar-refractivity contribution in [1.29, 1.82) is 0 Å². The zero-order valence-electron chi connectivity index (χ0n) is 14.5. The predicted molar refractivity (Wildman–Crippen MR) is 99.0 cm³/mol. The summed E-state index contributed by atoms with van der Waals surface area (Å²) in [7, 11) is 1.59. The van der Waals surface area contributed by atoms with Crippen LogP contribution in [0.2, 0.25) is 0 Å². The first-order valence-electron chi connectivity index (χ1n) is 8.50. The van der Waals surface area contributed by atoms with Crippen LogP contribution in [0.3, 0.4) is 0 Å². The third-order valence-electron chi connectivity index (χ3n) is 4.38.